The van der Waals surface area contributed by atoms with Crippen LogP contribution in [0.3, 0.4) is 0 Å². The maximum atomic E-state index is 11.4. The summed E-state index contributed by atoms with van der Waals surface area (Å²) < 4.78 is 48.2. The molecule has 0 aliphatic carbocycles. The molecular formula is C7H14N2O4S2. The Bertz CT molecular complexity index is 392. The number of rotatable bonds is 6. The van der Waals surface area contributed by atoms with Crippen LogP contribution in [0, 0.1) is 0 Å². The third kappa shape index (κ3) is 2.90. The molecule has 2 rings (SSSR count). The Morgan fingerprint density at radius 2 is 1.07 bits per heavy atom. The minimum Gasteiger partial charge on any atom is -0.212 e. The summed E-state index contributed by atoms with van der Waals surface area (Å²) in [5, 5.41) is 0. The molecule has 0 spiro atoms. The highest BCUT2D eigenvalue weighted by molar-refractivity contribution is 7.90. The van der Waals surface area contributed by atoms with Gasteiger partial charge in [-0.3, -0.25) is 0 Å². The van der Waals surface area contributed by atoms with Gasteiger partial charge in [0.1, 0.15) is 0 Å². The molecule has 0 aromatic rings. The second-order valence-corrected chi connectivity index (χ2v) is 7.96. The zero-order valence-corrected chi connectivity index (χ0v) is 9.93. The predicted octanol–water partition coefficient (Wildman–Crippen LogP) is -1.33. The van der Waals surface area contributed by atoms with Crippen LogP contribution in [-0.2, 0) is 20.0 Å². The standard InChI is InChI=1S/C7H14N2O4S2/c10-14(11,8-2-3-8)6-1-7-15(12,13)9-4-5-9/h1-7H2. The van der Waals surface area contributed by atoms with E-state index in [-0.39, 0.29) is 17.9 Å². The Labute approximate surface area is 90.0 Å². The molecule has 2 saturated heterocycles. The van der Waals surface area contributed by atoms with Gasteiger partial charge in [0.2, 0.25) is 20.0 Å². The average molecular weight is 254 g/mol. The Morgan fingerprint density at radius 3 is 1.33 bits per heavy atom. The maximum Gasteiger partial charge on any atom is 0.214 e. The fraction of sp³-hybridized carbons (Fsp3) is 1.00. The molecule has 0 amide bonds. The van der Waals surface area contributed by atoms with E-state index < -0.39 is 20.0 Å². The lowest BCUT2D eigenvalue weighted by atomic mass is 10.6. The summed E-state index contributed by atoms with van der Waals surface area (Å²) >= 11 is 0. The van der Waals surface area contributed by atoms with Crippen molar-refractivity contribution in [3.05, 3.63) is 0 Å². The molecular weight excluding hydrogens is 240 g/mol. The van der Waals surface area contributed by atoms with Crippen molar-refractivity contribution in [1.82, 2.24) is 8.61 Å². The average Bonchev–Trinajstić information content (AvgIpc) is 2.97. The molecule has 2 aliphatic heterocycles. The molecule has 2 fully saturated rings. The normalized spacial score (nSPS) is 22.9. The summed E-state index contributed by atoms with van der Waals surface area (Å²) in [6, 6.07) is 0. The van der Waals surface area contributed by atoms with Crippen molar-refractivity contribution in [1.29, 1.82) is 0 Å². The molecule has 0 aromatic carbocycles. The topological polar surface area (TPSA) is 74.3 Å². The summed E-state index contributed by atoms with van der Waals surface area (Å²) in [5.41, 5.74) is 0. The molecule has 2 aliphatic rings. The van der Waals surface area contributed by atoms with Crippen LogP contribution in [0.15, 0.2) is 0 Å². The Hall–Kier alpha value is -0.180. The highest BCUT2D eigenvalue weighted by Gasteiger charge is 2.34. The number of hydrogen-bond donors (Lipinski definition) is 0. The van der Waals surface area contributed by atoms with Crippen molar-refractivity contribution >= 4 is 20.0 Å². The van der Waals surface area contributed by atoms with Crippen molar-refractivity contribution in [3.63, 3.8) is 0 Å². The second-order valence-electron chi connectivity index (χ2n) is 3.78. The quantitative estimate of drug-likeness (QED) is 0.550. The zero-order valence-electron chi connectivity index (χ0n) is 8.29. The van der Waals surface area contributed by atoms with Gasteiger partial charge in [-0.1, -0.05) is 0 Å². The first kappa shape index (κ1) is 11.3. The van der Waals surface area contributed by atoms with E-state index in [1.54, 1.807) is 0 Å². The van der Waals surface area contributed by atoms with E-state index in [9.17, 15) is 16.8 Å². The number of nitrogens with zero attached hydrogens (tertiary/aromatic N) is 2. The van der Waals surface area contributed by atoms with E-state index in [2.05, 4.69) is 0 Å². The molecule has 0 saturated carbocycles. The first-order chi connectivity index (χ1) is 6.92. The van der Waals surface area contributed by atoms with Gasteiger partial charge in [0, 0.05) is 26.2 Å². The summed E-state index contributed by atoms with van der Waals surface area (Å²) in [5.74, 6) is -0.111. The van der Waals surface area contributed by atoms with E-state index >= 15 is 0 Å². The largest absolute Gasteiger partial charge is 0.214 e. The van der Waals surface area contributed by atoms with Crippen LogP contribution < -0.4 is 0 Å². The lowest BCUT2D eigenvalue weighted by Gasteiger charge is -2.05. The minimum atomic E-state index is -3.16. The highest BCUT2D eigenvalue weighted by Crippen LogP contribution is 2.16. The van der Waals surface area contributed by atoms with Gasteiger partial charge >= 0.3 is 0 Å². The van der Waals surface area contributed by atoms with E-state index in [4.69, 9.17) is 0 Å². The monoisotopic (exact) mass is 254 g/mol. The molecule has 6 nitrogen and oxygen atoms in total. The maximum absolute atomic E-state index is 11.4. The summed E-state index contributed by atoms with van der Waals surface area (Å²) in [6.07, 6.45) is 0.192. The summed E-state index contributed by atoms with van der Waals surface area (Å²) in [6.45, 7) is 2.34. The van der Waals surface area contributed by atoms with Gasteiger partial charge in [0.05, 0.1) is 11.5 Å². The molecule has 0 aromatic heterocycles. The van der Waals surface area contributed by atoms with Crippen molar-refractivity contribution in [2.24, 2.45) is 0 Å². The van der Waals surface area contributed by atoms with Crippen molar-refractivity contribution in [3.8, 4) is 0 Å². The molecule has 0 radical (unpaired) electrons. The van der Waals surface area contributed by atoms with E-state index in [1.807, 2.05) is 0 Å². The van der Waals surface area contributed by atoms with Crippen LogP contribution in [0.25, 0.3) is 0 Å². The third-order valence-corrected chi connectivity index (χ3v) is 6.32. The van der Waals surface area contributed by atoms with Crippen molar-refractivity contribution in [2.45, 2.75) is 6.42 Å². The van der Waals surface area contributed by atoms with Crippen LogP contribution in [0.5, 0.6) is 0 Å². The SMILES string of the molecule is O=S(=O)(CCCS(=O)(=O)N1CC1)N1CC1. The smallest absolute Gasteiger partial charge is 0.212 e. The van der Waals surface area contributed by atoms with E-state index in [1.165, 1.54) is 8.61 Å². The molecule has 0 atom stereocenters. The highest BCUT2D eigenvalue weighted by atomic mass is 32.2. The van der Waals surface area contributed by atoms with Gasteiger partial charge in [-0.2, -0.15) is 8.61 Å². The van der Waals surface area contributed by atoms with Crippen LogP contribution >= 0.6 is 0 Å². The van der Waals surface area contributed by atoms with Gasteiger partial charge in [-0.05, 0) is 6.42 Å². The summed E-state index contributed by atoms with van der Waals surface area (Å²) in [7, 11) is -6.33. The molecule has 0 unspecified atom stereocenters. The summed E-state index contributed by atoms with van der Waals surface area (Å²) in [4.78, 5) is 0. The van der Waals surface area contributed by atoms with Crippen molar-refractivity contribution in [2.75, 3.05) is 37.7 Å². The van der Waals surface area contributed by atoms with Gasteiger partial charge < -0.3 is 0 Å². The van der Waals surface area contributed by atoms with E-state index in [0.29, 0.717) is 26.2 Å². The van der Waals surface area contributed by atoms with Crippen LogP contribution in [-0.4, -0.2) is 63.1 Å². The Morgan fingerprint density at radius 1 is 0.733 bits per heavy atom. The number of hydrogen-bond acceptors (Lipinski definition) is 4. The first-order valence-electron chi connectivity index (χ1n) is 4.87. The molecule has 2 heterocycles. The lowest BCUT2D eigenvalue weighted by Crippen LogP contribution is -2.21. The molecule has 8 heteroatoms. The third-order valence-electron chi connectivity index (χ3n) is 2.40. The van der Waals surface area contributed by atoms with Crippen LogP contribution in [0.2, 0.25) is 0 Å². The predicted molar refractivity (Wildman–Crippen MR) is 55.3 cm³/mol. The van der Waals surface area contributed by atoms with E-state index in [0.717, 1.165) is 0 Å². The fourth-order valence-corrected chi connectivity index (χ4v) is 4.31. The molecule has 15 heavy (non-hydrogen) atoms. The molecule has 88 valence electrons. The second kappa shape index (κ2) is 3.69. The molecule has 0 N–H and O–H groups in total. The molecule has 0 bridgehead atoms. The minimum absolute atomic E-state index is 0.0555. The number of sulfonamides is 2. The first-order valence-corrected chi connectivity index (χ1v) is 8.09. The van der Waals surface area contributed by atoms with Gasteiger partial charge in [0.15, 0.2) is 0 Å². The van der Waals surface area contributed by atoms with Crippen LogP contribution in [0.1, 0.15) is 6.42 Å². The fourth-order valence-electron chi connectivity index (χ4n) is 1.32. The van der Waals surface area contributed by atoms with Gasteiger partial charge in [0.25, 0.3) is 0 Å². The van der Waals surface area contributed by atoms with Gasteiger partial charge in [-0.15, -0.1) is 0 Å². The van der Waals surface area contributed by atoms with Gasteiger partial charge in [-0.25, -0.2) is 16.8 Å². The van der Waals surface area contributed by atoms with Crippen LogP contribution in [0.4, 0.5) is 0 Å². The Kier molecular flexibility index (Phi) is 2.78. The lowest BCUT2D eigenvalue weighted by molar-refractivity contribution is 0.556. The van der Waals surface area contributed by atoms with Crippen molar-refractivity contribution < 1.29 is 16.8 Å². The Balaban J connectivity index is 1.79. The zero-order chi connectivity index (χ0) is 11.1.